The van der Waals surface area contributed by atoms with Crippen LogP contribution in [0.15, 0.2) is 51.8 Å². The number of nitrogens with zero attached hydrogens (tertiary/aromatic N) is 2. The molecule has 1 heterocycles. The number of hydrogen-bond acceptors (Lipinski definition) is 6. The summed E-state index contributed by atoms with van der Waals surface area (Å²) in [7, 11) is -3.77. The number of benzene rings is 2. The Bertz CT molecular complexity index is 1030. The van der Waals surface area contributed by atoms with Crippen molar-refractivity contribution in [3.8, 4) is 6.07 Å². The molecule has 9 heteroatoms. The van der Waals surface area contributed by atoms with Crippen molar-refractivity contribution in [3.63, 3.8) is 0 Å². The summed E-state index contributed by atoms with van der Waals surface area (Å²) >= 11 is 3.25. The molecule has 2 aromatic rings. The quantitative estimate of drug-likeness (QED) is 0.630. The highest BCUT2D eigenvalue weighted by Crippen LogP contribution is 2.27. The molecule has 1 saturated heterocycles. The number of ether oxygens (including phenoxy) is 2. The molecule has 7 nitrogen and oxygen atoms in total. The van der Waals surface area contributed by atoms with Gasteiger partial charge in [0.15, 0.2) is 0 Å². The van der Waals surface area contributed by atoms with Crippen molar-refractivity contribution < 1.29 is 22.7 Å². The van der Waals surface area contributed by atoms with Gasteiger partial charge in [-0.05, 0) is 40.2 Å². The lowest BCUT2D eigenvalue weighted by Gasteiger charge is -2.26. The largest absolute Gasteiger partial charge is 0.457 e. The Balaban J connectivity index is 1.80. The summed E-state index contributed by atoms with van der Waals surface area (Å²) in [4.78, 5) is 12.4. The number of halogens is 1. The Morgan fingerprint density at radius 3 is 2.64 bits per heavy atom. The third-order valence-electron chi connectivity index (χ3n) is 4.25. The number of rotatable bonds is 5. The van der Waals surface area contributed by atoms with Gasteiger partial charge < -0.3 is 9.47 Å². The molecule has 1 aliphatic heterocycles. The zero-order chi connectivity index (χ0) is 20.1. The highest BCUT2D eigenvalue weighted by atomic mass is 79.9. The number of hydrogen-bond donors (Lipinski definition) is 0. The minimum atomic E-state index is -3.77. The maximum absolute atomic E-state index is 12.9. The van der Waals surface area contributed by atoms with E-state index in [0.717, 1.165) is 0 Å². The van der Waals surface area contributed by atoms with Crippen LogP contribution in [0.1, 0.15) is 21.5 Å². The molecule has 146 valence electrons. The fourth-order valence-electron chi connectivity index (χ4n) is 2.74. The van der Waals surface area contributed by atoms with Crippen LogP contribution in [0.5, 0.6) is 0 Å². The zero-order valence-corrected chi connectivity index (χ0v) is 17.2. The van der Waals surface area contributed by atoms with Gasteiger partial charge in [0, 0.05) is 23.1 Å². The van der Waals surface area contributed by atoms with Gasteiger partial charge in [0.05, 0.1) is 35.3 Å². The molecular weight excluding hydrogens is 448 g/mol. The molecule has 0 radical (unpaired) electrons. The number of carbonyl (C=O) groups is 1. The maximum Gasteiger partial charge on any atom is 0.338 e. The van der Waals surface area contributed by atoms with Gasteiger partial charge in [-0.15, -0.1) is 0 Å². The van der Waals surface area contributed by atoms with Crippen LogP contribution in [0.3, 0.4) is 0 Å². The predicted molar refractivity (Wildman–Crippen MR) is 104 cm³/mol. The Kier molecular flexibility index (Phi) is 6.46. The molecule has 0 aromatic heterocycles. The number of sulfonamides is 1. The molecule has 2 aromatic carbocycles. The molecule has 0 amide bonds. The zero-order valence-electron chi connectivity index (χ0n) is 14.8. The van der Waals surface area contributed by atoms with Crippen LogP contribution in [0.4, 0.5) is 0 Å². The van der Waals surface area contributed by atoms with Crippen molar-refractivity contribution in [1.29, 1.82) is 5.26 Å². The number of nitriles is 1. The molecule has 0 atom stereocenters. The van der Waals surface area contributed by atoms with E-state index in [2.05, 4.69) is 15.9 Å². The SMILES string of the molecule is N#Cc1ccccc1COC(=O)c1ccc(Br)c(S(=O)(=O)N2CCOCC2)c1. The summed E-state index contributed by atoms with van der Waals surface area (Å²) < 4.78 is 38.0. The van der Waals surface area contributed by atoms with E-state index < -0.39 is 16.0 Å². The van der Waals surface area contributed by atoms with Crippen LogP contribution in [0.2, 0.25) is 0 Å². The summed E-state index contributed by atoms with van der Waals surface area (Å²) in [6.07, 6.45) is 0. The summed E-state index contributed by atoms with van der Waals surface area (Å²) in [6, 6.07) is 13.1. The first-order chi connectivity index (χ1) is 13.4. The lowest BCUT2D eigenvalue weighted by molar-refractivity contribution is 0.0472. The third-order valence-corrected chi connectivity index (χ3v) is 7.14. The first-order valence-electron chi connectivity index (χ1n) is 8.46. The Morgan fingerprint density at radius 2 is 1.93 bits per heavy atom. The molecule has 0 N–H and O–H groups in total. The molecule has 0 aliphatic carbocycles. The minimum absolute atomic E-state index is 0.00118. The lowest BCUT2D eigenvalue weighted by Crippen LogP contribution is -2.40. The number of esters is 1. The van der Waals surface area contributed by atoms with Gasteiger partial charge >= 0.3 is 5.97 Å². The van der Waals surface area contributed by atoms with Crippen molar-refractivity contribution in [1.82, 2.24) is 4.31 Å². The minimum Gasteiger partial charge on any atom is -0.457 e. The summed E-state index contributed by atoms with van der Waals surface area (Å²) in [5.41, 5.74) is 1.11. The van der Waals surface area contributed by atoms with Crippen molar-refractivity contribution in [2.45, 2.75) is 11.5 Å². The Hall–Kier alpha value is -2.25. The second kappa shape index (κ2) is 8.84. The highest BCUT2D eigenvalue weighted by molar-refractivity contribution is 9.10. The van der Waals surface area contributed by atoms with E-state index in [4.69, 9.17) is 14.7 Å². The molecule has 0 bridgehead atoms. The molecule has 0 spiro atoms. The van der Waals surface area contributed by atoms with E-state index in [-0.39, 0.29) is 30.2 Å². The van der Waals surface area contributed by atoms with Crippen LogP contribution < -0.4 is 0 Å². The fourth-order valence-corrected chi connectivity index (χ4v) is 5.09. The first kappa shape index (κ1) is 20.5. The predicted octanol–water partition coefficient (Wildman–Crippen LogP) is 2.70. The second-order valence-electron chi connectivity index (χ2n) is 6.01. The van der Waals surface area contributed by atoms with Gasteiger partial charge in [-0.2, -0.15) is 9.57 Å². The summed E-state index contributed by atoms with van der Waals surface area (Å²) in [5, 5.41) is 9.11. The molecule has 1 fully saturated rings. The monoisotopic (exact) mass is 464 g/mol. The van der Waals surface area contributed by atoms with E-state index >= 15 is 0 Å². The van der Waals surface area contributed by atoms with Gasteiger partial charge in [-0.1, -0.05) is 18.2 Å². The van der Waals surface area contributed by atoms with E-state index in [0.29, 0.717) is 28.8 Å². The Labute approximate surface area is 171 Å². The van der Waals surface area contributed by atoms with Gasteiger partial charge in [0.1, 0.15) is 6.61 Å². The van der Waals surface area contributed by atoms with Crippen LogP contribution in [0.25, 0.3) is 0 Å². The molecule has 0 unspecified atom stereocenters. The number of carbonyl (C=O) groups excluding carboxylic acids is 1. The average molecular weight is 465 g/mol. The highest BCUT2D eigenvalue weighted by Gasteiger charge is 2.29. The summed E-state index contributed by atoms with van der Waals surface area (Å²) in [6.45, 7) is 1.10. The average Bonchev–Trinajstić information content (AvgIpc) is 2.73. The van der Waals surface area contributed by atoms with Gasteiger partial charge in [0.25, 0.3) is 0 Å². The number of morpholine rings is 1. The molecule has 1 aliphatic rings. The van der Waals surface area contributed by atoms with Crippen LogP contribution >= 0.6 is 15.9 Å². The van der Waals surface area contributed by atoms with Crippen molar-refractivity contribution in [3.05, 3.63) is 63.6 Å². The van der Waals surface area contributed by atoms with E-state index in [9.17, 15) is 13.2 Å². The second-order valence-corrected chi connectivity index (χ2v) is 8.77. The first-order valence-corrected chi connectivity index (χ1v) is 10.7. The lowest BCUT2D eigenvalue weighted by atomic mass is 10.1. The van der Waals surface area contributed by atoms with Gasteiger partial charge in [-0.3, -0.25) is 0 Å². The Morgan fingerprint density at radius 1 is 1.21 bits per heavy atom. The van der Waals surface area contributed by atoms with E-state index in [1.807, 2.05) is 6.07 Å². The van der Waals surface area contributed by atoms with Crippen molar-refractivity contribution in [2.24, 2.45) is 0 Å². The van der Waals surface area contributed by atoms with Crippen molar-refractivity contribution >= 4 is 31.9 Å². The molecule has 3 rings (SSSR count). The van der Waals surface area contributed by atoms with Gasteiger partial charge in [0.2, 0.25) is 10.0 Å². The van der Waals surface area contributed by atoms with Crippen LogP contribution in [-0.4, -0.2) is 45.0 Å². The molecular formula is C19H17BrN2O5S. The van der Waals surface area contributed by atoms with Gasteiger partial charge in [-0.25, -0.2) is 13.2 Å². The summed E-state index contributed by atoms with van der Waals surface area (Å²) in [5.74, 6) is -0.668. The maximum atomic E-state index is 12.9. The smallest absolute Gasteiger partial charge is 0.338 e. The van der Waals surface area contributed by atoms with Crippen LogP contribution in [-0.2, 0) is 26.1 Å². The molecule has 0 saturated carbocycles. The third kappa shape index (κ3) is 4.42. The topological polar surface area (TPSA) is 96.7 Å². The fraction of sp³-hybridized carbons (Fsp3) is 0.263. The molecule has 28 heavy (non-hydrogen) atoms. The normalized spacial score (nSPS) is 15.0. The standard InChI is InChI=1S/C19H17BrN2O5S/c20-17-6-5-14(11-18(17)28(24,25)22-7-9-26-10-8-22)19(23)27-13-16-4-2-1-3-15(16)12-21/h1-6,11H,7-10,13H2. The van der Waals surface area contributed by atoms with Crippen molar-refractivity contribution in [2.75, 3.05) is 26.3 Å². The van der Waals surface area contributed by atoms with E-state index in [1.165, 1.54) is 22.5 Å². The van der Waals surface area contributed by atoms with Crippen LogP contribution in [0, 0.1) is 11.3 Å². The van der Waals surface area contributed by atoms with E-state index in [1.54, 1.807) is 24.3 Å².